The lowest BCUT2D eigenvalue weighted by Crippen LogP contribution is -2.22. The fourth-order valence-electron chi connectivity index (χ4n) is 2.50. The Hall–Kier alpha value is -1.20. The van der Waals surface area contributed by atoms with Gasteiger partial charge in [-0.3, -0.25) is 0 Å². The first-order valence-electron chi connectivity index (χ1n) is 6.41. The first kappa shape index (κ1) is 13.8. The summed E-state index contributed by atoms with van der Waals surface area (Å²) in [7, 11) is 0. The Morgan fingerprint density at radius 3 is 3.05 bits per heavy atom. The number of amides is 2. The molecule has 20 heavy (non-hydrogen) atoms. The van der Waals surface area contributed by atoms with Gasteiger partial charge in [-0.2, -0.15) is 4.99 Å². The minimum atomic E-state index is -0.444. The van der Waals surface area contributed by atoms with Gasteiger partial charge >= 0.3 is 6.03 Å². The SMILES string of the molecule is O=C1N=C2CCCC2C(SCc2c(F)cccc2Cl)=N1. The number of aliphatic imine (C=N–C) groups is 2. The second-order valence-corrected chi connectivity index (χ2v) is 6.17. The van der Waals surface area contributed by atoms with Gasteiger partial charge in [0.25, 0.3) is 0 Å². The molecular weight excluding hydrogens is 299 g/mol. The molecule has 1 atom stereocenters. The van der Waals surface area contributed by atoms with E-state index < -0.39 is 6.03 Å². The third-order valence-electron chi connectivity index (χ3n) is 3.50. The Morgan fingerprint density at radius 1 is 1.40 bits per heavy atom. The molecule has 1 unspecified atom stereocenters. The number of thioether (sulfide) groups is 1. The van der Waals surface area contributed by atoms with Gasteiger partial charge in [-0.1, -0.05) is 17.7 Å². The summed E-state index contributed by atoms with van der Waals surface area (Å²) in [6.45, 7) is 0. The highest BCUT2D eigenvalue weighted by molar-refractivity contribution is 8.13. The molecule has 0 spiro atoms. The molecule has 1 saturated carbocycles. The van der Waals surface area contributed by atoms with Crippen LogP contribution in [0.5, 0.6) is 0 Å². The Labute approximate surface area is 125 Å². The standard InChI is InChI=1S/C14H12ClFN2OS/c15-10-4-2-5-11(16)9(10)7-20-13-8-3-1-6-12(8)17-14(19)18-13/h2,4-5,8H,1,3,6-7H2. The summed E-state index contributed by atoms with van der Waals surface area (Å²) in [6.07, 6.45) is 2.84. The molecule has 0 saturated heterocycles. The van der Waals surface area contributed by atoms with Crippen LogP contribution >= 0.6 is 23.4 Å². The maximum atomic E-state index is 13.7. The van der Waals surface area contributed by atoms with Crippen LogP contribution in [0.2, 0.25) is 5.02 Å². The molecule has 104 valence electrons. The van der Waals surface area contributed by atoms with Gasteiger partial charge in [-0.25, -0.2) is 14.2 Å². The van der Waals surface area contributed by atoms with Crippen LogP contribution < -0.4 is 0 Å². The number of benzene rings is 1. The van der Waals surface area contributed by atoms with Crippen molar-refractivity contribution in [3.63, 3.8) is 0 Å². The lowest BCUT2D eigenvalue weighted by molar-refractivity contribution is 0.256. The zero-order chi connectivity index (χ0) is 14.1. The number of rotatable bonds is 2. The van der Waals surface area contributed by atoms with Gasteiger partial charge < -0.3 is 0 Å². The van der Waals surface area contributed by atoms with Crippen molar-refractivity contribution in [3.05, 3.63) is 34.6 Å². The van der Waals surface area contributed by atoms with Crippen molar-refractivity contribution in [3.8, 4) is 0 Å². The van der Waals surface area contributed by atoms with Crippen LogP contribution in [-0.2, 0) is 5.75 Å². The summed E-state index contributed by atoms with van der Waals surface area (Å²) in [5.74, 6) is 0.192. The fraction of sp³-hybridized carbons (Fsp3) is 0.357. The number of hydrogen-bond acceptors (Lipinski definition) is 2. The van der Waals surface area contributed by atoms with Crippen LogP contribution in [0.4, 0.5) is 9.18 Å². The van der Waals surface area contributed by atoms with Crippen molar-refractivity contribution in [2.75, 3.05) is 0 Å². The highest BCUT2D eigenvalue weighted by Gasteiger charge is 2.32. The molecule has 6 heteroatoms. The van der Waals surface area contributed by atoms with Crippen LogP contribution in [0.25, 0.3) is 0 Å². The first-order valence-corrected chi connectivity index (χ1v) is 7.77. The van der Waals surface area contributed by atoms with Gasteiger partial charge in [0.2, 0.25) is 0 Å². The number of halogens is 2. The Kier molecular flexibility index (Phi) is 3.89. The summed E-state index contributed by atoms with van der Waals surface area (Å²) in [6, 6.07) is 4.18. The molecule has 1 heterocycles. The van der Waals surface area contributed by atoms with E-state index in [-0.39, 0.29) is 11.7 Å². The van der Waals surface area contributed by atoms with E-state index in [9.17, 15) is 9.18 Å². The van der Waals surface area contributed by atoms with Gasteiger partial charge in [0.15, 0.2) is 0 Å². The van der Waals surface area contributed by atoms with E-state index in [0.29, 0.717) is 16.3 Å². The van der Waals surface area contributed by atoms with E-state index in [1.165, 1.54) is 17.8 Å². The molecule has 3 nitrogen and oxygen atoms in total. The van der Waals surface area contributed by atoms with Crippen LogP contribution in [0.3, 0.4) is 0 Å². The second kappa shape index (κ2) is 5.66. The highest BCUT2D eigenvalue weighted by Crippen LogP contribution is 2.34. The van der Waals surface area contributed by atoms with E-state index in [1.54, 1.807) is 12.1 Å². The van der Waals surface area contributed by atoms with Crippen LogP contribution in [-0.4, -0.2) is 16.8 Å². The number of carbonyl (C=O) groups excluding carboxylic acids is 1. The fourth-order valence-corrected chi connectivity index (χ4v) is 3.99. The monoisotopic (exact) mass is 310 g/mol. The topological polar surface area (TPSA) is 41.8 Å². The maximum absolute atomic E-state index is 13.7. The average Bonchev–Trinajstić information content (AvgIpc) is 2.86. The van der Waals surface area contributed by atoms with E-state index in [0.717, 1.165) is 30.0 Å². The average molecular weight is 311 g/mol. The zero-order valence-electron chi connectivity index (χ0n) is 10.6. The summed E-state index contributed by atoms with van der Waals surface area (Å²) in [5, 5.41) is 1.15. The largest absolute Gasteiger partial charge is 0.367 e. The summed E-state index contributed by atoms with van der Waals surface area (Å²) < 4.78 is 13.7. The predicted octanol–water partition coefficient (Wildman–Crippen LogP) is 4.49. The molecule has 0 radical (unpaired) electrons. The van der Waals surface area contributed by atoms with Crippen LogP contribution in [0.1, 0.15) is 24.8 Å². The zero-order valence-corrected chi connectivity index (χ0v) is 12.2. The second-order valence-electron chi connectivity index (χ2n) is 4.77. The number of hydrogen-bond donors (Lipinski definition) is 0. The van der Waals surface area contributed by atoms with E-state index in [1.807, 2.05) is 0 Å². The number of carbonyl (C=O) groups is 1. The highest BCUT2D eigenvalue weighted by atomic mass is 35.5. The van der Waals surface area contributed by atoms with E-state index in [2.05, 4.69) is 9.98 Å². The van der Waals surface area contributed by atoms with Crippen molar-refractivity contribution in [2.24, 2.45) is 15.9 Å². The molecular formula is C14H12ClFN2OS. The van der Waals surface area contributed by atoms with Crippen molar-refractivity contribution < 1.29 is 9.18 Å². The first-order chi connectivity index (χ1) is 9.65. The van der Waals surface area contributed by atoms with Gasteiger partial charge in [0, 0.05) is 28.0 Å². The third kappa shape index (κ3) is 2.65. The number of fused-ring (bicyclic) bond motifs is 1. The minimum absolute atomic E-state index is 0.142. The lowest BCUT2D eigenvalue weighted by Gasteiger charge is -2.17. The molecule has 1 aliphatic carbocycles. The normalized spacial score (nSPS) is 21.5. The molecule has 2 aliphatic rings. The molecule has 1 aliphatic heterocycles. The molecule has 3 rings (SSSR count). The van der Waals surface area contributed by atoms with Crippen LogP contribution in [0, 0.1) is 11.7 Å². The summed E-state index contributed by atoms with van der Waals surface area (Å²) >= 11 is 7.39. The third-order valence-corrected chi connectivity index (χ3v) is 4.96. The molecule has 2 amide bonds. The lowest BCUT2D eigenvalue weighted by atomic mass is 10.1. The Morgan fingerprint density at radius 2 is 2.25 bits per heavy atom. The Bertz CT molecular complexity index is 609. The van der Waals surface area contributed by atoms with Gasteiger partial charge in [-0.15, -0.1) is 11.8 Å². The minimum Gasteiger partial charge on any atom is -0.244 e. The van der Waals surface area contributed by atoms with Crippen molar-refractivity contribution in [1.82, 2.24) is 0 Å². The molecule has 0 N–H and O–H groups in total. The maximum Gasteiger partial charge on any atom is 0.367 e. The van der Waals surface area contributed by atoms with Crippen molar-refractivity contribution in [2.45, 2.75) is 25.0 Å². The van der Waals surface area contributed by atoms with E-state index in [4.69, 9.17) is 11.6 Å². The van der Waals surface area contributed by atoms with Gasteiger partial charge in [-0.05, 0) is 31.4 Å². The predicted molar refractivity (Wildman–Crippen MR) is 80.3 cm³/mol. The summed E-state index contributed by atoms with van der Waals surface area (Å²) in [4.78, 5) is 19.4. The summed E-state index contributed by atoms with van der Waals surface area (Å²) in [5.41, 5.74) is 1.38. The van der Waals surface area contributed by atoms with Crippen LogP contribution in [0.15, 0.2) is 28.2 Å². The molecule has 0 bridgehead atoms. The number of nitrogens with zero attached hydrogens (tertiary/aromatic N) is 2. The van der Waals surface area contributed by atoms with E-state index >= 15 is 0 Å². The Balaban J connectivity index is 1.77. The van der Waals surface area contributed by atoms with Gasteiger partial charge in [0.1, 0.15) is 5.82 Å². The molecule has 1 aromatic carbocycles. The van der Waals surface area contributed by atoms with Gasteiger partial charge in [0.05, 0.1) is 5.04 Å². The number of urea groups is 1. The quantitative estimate of drug-likeness (QED) is 0.808. The van der Waals surface area contributed by atoms with Crippen molar-refractivity contribution in [1.29, 1.82) is 0 Å². The smallest absolute Gasteiger partial charge is 0.244 e. The molecule has 1 fully saturated rings. The van der Waals surface area contributed by atoms with Crippen molar-refractivity contribution >= 4 is 40.1 Å². The molecule has 0 aromatic heterocycles. The molecule has 1 aromatic rings.